The highest BCUT2D eigenvalue weighted by Gasteiger charge is 2.34. The van der Waals surface area contributed by atoms with Gasteiger partial charge in [0.05, 0.1) is 21.7 Å². The van der Waals surface area contributed by atoms with Crippen LogP contribution in [0.3, 0.4) is 0 Å². The third-order valence-electron chi connectivity index (χ3n) is 5.58. The predicted octanol–water partition coefficient (Wildman–Crippen LogP) is 5.18. The summed E-state index contributed by atoms with van der Waals surface area (Å²) in [7, 11) is -0.764. The number of carbonyl (C=O) groups excluding carboxylic acids is 1. The SMILES string of the molecule is CCc1cc(NC(=O)c2cc(C)n(-c3ccccc3C(F)(F)F)c2C)ccc1S(=O)(=O)N(C)C. The van der Waals surface area contributed by atoms with Crippen LogP contribution in [0.2, 0.25) is 0 Å². The van der Waals surface area contributed by atoms with Crippen LogP contribution in [0.15, 0.2) is 53.4 Å². The minimum absolute atomic E-state index is 0.0597. The largest absolute Gasteiger partial charge is 0.418 e. The molecule has 3 aromatic rings. The van der Waals surface area contributed by atoms with Crippen molar-refractivity contribution in [1.82, 2.24) is 8.87 Å². The fraction of sp³-hybridized carbons (Fsp3) is 0.292. The molecule has 34 heavy (non-hydrogen) atoms. The highest BCUT2D eigenvalue weighted by Crippen LogP contribution is 2.35. The molecule has 0 atom stereocenters. The number of benzene rings is 2. The Hall–Kier alpha value is -3.11. The number of anilines is 1. The maximum absolute atomic E-state index is 13.5. The quantitative estimate of drug-likeness (QED) is 0.515. The van der Waals surface area contributed by atoms with Crippen molar-refractivity contribution in [3.63, 3.8) is 0 Å². The molecule has 0 saturated carbocycles. The van der Waals surface area contributed by atoms with Crippen LogP contribution < -0.4 is 5.32 Å². The first-order valence-corrected chi connectivity index (χ1v) is 11.9. The molecule has 0 fully saturated rings. The number of halogens is 3. The number of aryl methyl sites for hydroxylation is 2. The second-order valence-corrected chi connectivity index (χ2v) is 10.2. The van der Waals surface area contributed by atoms with Crippen molar-refractivity contribution in [2.45, 2.75) is 38.3 Å². The van der Waals surface area contributed by atoms with E-state index in [9.17, 15) is 26.4 Å². The van der Waals surface area contributed by atoms with Crippen LogP contribution in [-0.4, -0.2) is 37.3 Å². The van der Waals surface area contributed by atoms with Crippen molar-refractivity contribution >= 4 is 21.6 Å². The lowest BCUT2D eigenvalue weighted by Crippen LogP contribution is -2.23. The van der Waals surface area contributed by atoms with Gasteiger partial charge in [0.15, 0.2) is 0 Å². The standard InChI is InChI=1S/C24H26F3N3O3S/c1-6-17-14-18(11-12-22(17)34(32,33)29(4)5)28-23(31)19-13-15(2)30(16(19)3)21-10-8-7-9-20(21)24(25,26)27/h7-14H,6H2,1-5H3,(H,28,31). The number of nitrogens with zero attached hydrogens (tertiary/aromatic N) is 2. The number of nitrogens with one attached hydrogen (secondary N) is 1. The van der Waals surface area contributed by atoms with Crippen LogP contribution in [0.5, 0.6) is 0 Å². The van der Waals surface area contributed by atoms with E-state index in [0.29, 0.717) is 29.1 Å². The number of alkyl halides is 3. The zero-order valence-electron chi connectivity index (χ0n) is 19.5. The summed E-state index contributed by atoms with van der Waals surface area (Å²) >= 11 is 0. The summed E-state index contributed by atoms with van der Waals surface area (Å²) in [4.78, 5) is 13.2. The summed E-state index contributed by atoms with van der Waals surface area (Å²) in [6, 6.07) is 11.2. The number of aromatic nitrogens is 1. The Bertz CT molecular complexity index is 1340. The molecular weight excluding hydrogens is 467 g/mol. The smallest absolute Gasteiger partial charge is 0.322 e. The summed E-state index contributed by atoms with van der Waals surface area (Å²) in [5, 5.41) is 2.74. The van der Waals surface area contributed by atoms with Gasteiger partial charge in [0, 0.05) is 31.2 Å². The van der Waals surface area contributed by atoms with Crippen LogP contribution in [0.4, 0.5) is 18.9 Å². The Kier molecular flexibility index (Phi) is 6.95. The number of hydrogen-bond acceptors (Lipinski definition) is 3. The molecule has 1 amide bonds. The monoisotopic (exact) mass is 493 g/mol. The van der Waals surface area contributed by atoms with Gasteiger partial charge in [-0.1, -0.05) is 19.1 Å². The first-order chi connectivity index (χ1) is 15.8. The second kappa shape index (κ2) is 9.27. The van der Waals surface area contributed by atoms with E-state index in [1.807, 2.05) is 0 Å². The first kappa shape index (κ1) is 25.5. The topological polar surface area (TPSA) is 71.4 Å². The summed E-state index contributed by atoms with van der Waals surface area (Å²) in [5.74, 6) is -0.505. The molecule has 0 spiro atoms. The number of para-hydroxylation sites is 1. The number of amides is 1. The minimum atomic E-state index is -4.55. The van der Waals surface area contributed by atoms with Gasteiger partial charge in [-0.25, -0.2) is 12.7 Å². The molecule has 182 valence electrons. The molecule has 6 nitrogen and oxygen atoms in total. The number of rotatable bonds is 6. The van der Waals surface area contributed by atoms with E-state index >= 15 is 0 Å². The molecule has 10 heteroatoms. The summed E-state index contributed by atoms with van der Waals surface area (Å²) in [6.07, 6.45) is -4.12. The molecule has 0 bridgehead atoms. The summed E-state index contributed by atoms with van der Waals surface area (Å²) < 4.78 is 68.3. The fourth-order valence-corrected chi connectivity index (χ4v) is 5.02. The molecule has 0 saturated heterocycles. The normalized spacial score (nSPS) is 12.3. The van der Waals surface area contributed by atoms with E-state index < -0.39 is 27.7 Å². The van der Waals surface area contributed by atoms with E-state index in [2.05, 4.69) is 5.32 Å². The third kappa shape index (κ3) is 4.74. The fourth-order valence-electron chi connectivity index (χ4n) is 3.85. The van der Waals surface area contributed by atoms with Crippen LogP contribution in [0.1, 0.15) is 39.8 Å². The molecule has 0 aliphatic carbocycles. The van der Waals surface area contributed by atoms with Crippen molar-refractivity contribution in [3.8, 4) is 5.69 Å². The van der Waals surface area contributed by atoms with E-state index in [-0.39, 0.29) is 16.1 Å². The van der Waals surface area contributed by atoms with Crippen LogP contribution in [0.25, 0.3) is 5.69 Å². The minimum Gasteiger partial charge on any atom is -0.322 e. The van der Waals surface area contributed by atoms with Gasteiger partial charge in [-0.15, -0.1) is 0 Å². The molecule has 1 heterocycles. The maximum Gasteiger partial charge on any atom is 0.418 e. The Morgan fingerprint density at radius 3 is 2.29 bits per heavy atom. The van der Waals surface area contributed by atoms with Gasteiger partial charge in [-0.3, -0.25) is 4.79 Å². The lowest BCUT2D eigenvalue weighted by Gasteiger charge is -2.17. The van der Waals surface area contributed by atoms with Gasteiger partial charge in [0.25, 0.3) is 5.91 Å². The summed E-state index contributed by atoms with van der Waals surface area (Å²) in [6.45, 7) is 5.02. The third-order valence-corrected chi connectivity index (χ3v) is 7.50. The number of carbonyl (C=O) groups is 1. The molecule has 3 rings (SSSR count). The van der Waals surface area contributed by atoms with Crippen molar-refractivity contribution in [2.24, 2.45) is 0 Å². The van der Waals surface area contributed by atoms with Gasteiger partial charge >= 0.3 is 6.18 Å². The number of hydrogen-bond donors (Lipinski definition) is 1. The second-order valence-electron chi connectivity index (χ2n) is 8.05. The summed E-state index contributed by atoms with van der Waals surface area (Å²) in [5.41, 5.74) is 1.12. The van der Waals surface area contributed by atoms with Gasteiger partial charge in [-0.05, 0) is 62.2 Å². The molecule has 0 aliphatic rings. The van der Waals surface area contributed by atoms with Crippen LogP contribution in [0, 0.1) is 13.8 Å². The lowest BCUT2D eigenvalue weighted by molar-refractivity contribution is -0.137. The highest BCUT2D eigenvalue weighted by atomic mass is 32.2. The maximum atomic E-state index is 13.5. The van der Waals surface area contributed by atoms with E-state index in [0.717, 1.165) is 10.4 Å². The molecule has 1 aromatic heterocycles. The Morgan fingerprint density at radius 1 is 1.06 bits per heavy atom. The Morgan fingerprint density at radius 2 is 1.71 bits per heavy atom. The highest BCUT2D eigenvalue weighted by molar-refractivity contribution is 7.89. The van der Waals surface area contributed by atoms with Crippen molar-refractivity contribution in [3.05, 3.63) is 76.6 Å². The molecule has 0 radical (unpaired) electrons. The predicted molar refractivity (Wildman–Crippen MR) is 125 cm³/mol. The van der Waals surface area contributed by atoms with E-state index in [4.69, 9.17) is 0 Å². The average Bonchev–Trinajstić information content (AvgIpc) is 3.06. The zero-order chi connectivity index (χ0) is 25.4. The van der Waals surface area contributed by atoms with Gasteiger partial charge in [0.1, 0.15) is 0 Å². The molecule has 2 aromatic carbocycles. The van der Waals surface area contributed by atoms with Gasteiger partial charge < -0.3 is 9.88 Å². The molecule has 0 unspecified atom stereocenters. The number of sulfonamides is 1. The van der Waals surface area contributed by atoms with E-state index in [1.54, 1.807) is 26.8 Å². The van der Waals surface area contributed by atoms with Crippen LogP contribution >= 0.6 is 0 Å². The van der Waals surface area contributed by atoms with Gasteiger partial charge in [-0.2, -0.15) is 13.2 Å². The van der Waals surface area contributed by atoms with Gasteiger partial charge in [0.2, 0.25) is 10.0 Å². The van der Waals surface area contributed by atoms with Crippen molar-refractivity contribution in [2.75, 3.05) is 19.4 Å². The first-order valence-electron chi connectivity index (χ1n) is 10.5. The van der Waals surface area contributed by atoms with Crippen molar-refractivity contribution < 1.29 is 26.4 Å². The molecule has 0 aliphatic heterocycles. The Labute approximate surface area is 197 Å². The van der Waals surface area contributed by atoms with E-state index in [1.165, 1.54) is 55.1 Å². The van der Waals surface area contributed by atoms with Crippen molar-refractivity contribution in [1.29, 1.82) is 0 Å². The molecule has 1 N–H and O–H groups in total. The lowest BCUT2D eigenvalue weighted by atomic mass is 10.1. The molecular formula is C24H26F3N3O3S. The van der Waals surface area contributed by atoms with Crippen LogP contribution in [-0.2, 0) is 22.6 Å². The average molecular weight is 494 g/mol. The Balaban J connectivity index is 1.99. The zero-order valence-corrected chi connectivity index (χ0v) is 20.3.